The Bertz CT molecular complexity index is 3920. The first-order valence-electron chi connectivity index (χ1n) is 24.5. The van der Waals surface area contributed by atoms with Gasteiger partial charge in [-0.3, -0.25) is 0 Å². The fourth-order valence-electron chi connectivity index (χ4n) is 13.8. The normalized spacial score (nSPS) is 20.0. The smallest absolute Gasteiger partial charge is 0.165 e. The molecule has 4 aliphatic rings. The SMILES string of the molecule is c1ccc(-c2cccc(Cc3nc(-c4ccccc4-n4c5ccccc5c5ccccc54)nc(C45CC6CC(CC(C6)C4)C5)n3)c2-n2c3ccccc3c3c4oc5ccccc5c4ccc32)cc1. The number of benzene rings is 8. The van der Waals surface area contributed by atoms with Crippen LogP contribution in [0.25, 0.3) is 99.4 Å². The molecule has 0 unspecified atom stereocenters. The summed E-state index contributed by atoms with van der Waals surface area (Å²) >= 11 is 0. The molecule has 0 saturated heterocycles. The maximum Gasteiger partial charge on any atom is 0.165 e. The van der Waals surface area contributed by atoms with Crippen molar-refractivity contribution in [1.29, 1.82) is 0 Å². The van der Waals surface area contributed by atoms with E-state index >= 15 is 0 Å². The number of rotatable bonds is 7. The van der Waals surface area contributed by atoms with Crippen molar-refractivity contribution < 1.29 is 4.42 Å². The lowest BCUT2D eigenvalue weighted by Gasteiger charge is -2.56. The summed E-state index contributed by atoms with van der Waals surface area (Å²) in [4.78, 5) is 17.0. The lowest BCUT2D eigenvalue weighted by atomic mass is 9.49. The van der Waals surface area contributed by atoms with Gasteiger partial charge in [-0.15, -0.1) is 0 Å². The second kappa shape index (κ2) is 14.6. The maximum absolute atomic E-state index is 6.77. The van der Waals surface area contributed by atoms with E-state index in [9.17, 15) is 0 Å². The summed E-state index contributed by atoms with van der Waals surface area (Å²) in [6.07, 6.45) is 8.11. The first kappa shape index (κ1) is 38.3. The molecule has 4 saturated carbocycles. The van der Waals surface area contributed by atoms with E-state index < -0.39 is 0 Å². The van der Waals surface area contributed by atoms with Crippen LogP contribution in [0, 0.1) is 17.8 Å². The Morgan fingerprint density at radius 2 is 1.07 bits per heavy atom. The molecule has 0 radical (unpaired) electrons. The molecular formula is C62H47N5O. The first-order chi connectivity index (χ1) is 33.6. The quantitative estimate of drug-likeness (QED) is 0.160. The number of para-hydroxylation sites is 6. The molecule has 16 rings (SSSR count). The van der Waals surface area contributed by atoms with E-state index in [0.29, 0.717) is 6.42 Å². The molecule has 8 aromatic carbocycles. The highest BCUT2D eigenvalue weighted by atomic mass is 16.3. The van der Waals surface area contributed by atoms with Gasteiger partial charge in [0.05, 0.1) is 38.8 Å². The lowest BCUT2D eigenvalue weighted by molar-refractivity contribution is -0.00954. The number of hydrogen-bond donors (Lipinski definition) is 0. The van der Waals surface area contributed by atoms with Gasteiger partial charge < -0.3 is 13.6 Å². The van der Waals surface area contributed by atoms with Gasteiger partial charge in [0, 0.05) is 49.9 Å². The van der Waals surface area contributed by atoms with Gasteiger partial charge in [0.25, 0.3) is 0 Å². The van der Waals surface area contributed by atoms with Crippen molar-refractivity contribution in [2.45, 2.75) is 50.4 Å². The molecule has 12 aromatic rings. The zero-order valence-electron chi connectivity index (χ0n) is 37.6. The van der Waals surface area contributed by atoms with Crippen molar-refractivity contribution >= 4 is 65.6 Å². The molecule has 0 spiro atoms. The standard InChI is InChI=1S/C62H47N5O/c1-2-15-41(16-3-1)43-23-14-17-42(58(43)67-52-26-11-6-21-48(52)57-54(67)30-29-47-46-20-8-13-28-55(46)68-59(47)57)34-56-63-60(65-61(64-56)62-35-38-31-39(36-62)33-40(32-38)37-62)49-22-7-12-27-53(49)66-50-24-9-4-18-44(50)45-19-5-10-25-51(45)66/h1-30,38-40H,31-37H2. The minimum atomic E-state index is -0.0392. The van der Waals surface area contributed by atoms with Crippen molar-refractivity contribution in [3.8, 4) is 33.9 Å². The van der Waals surface area contributed by atoms with Crippen molar-refractivity contribution in [3.63, 3.8) is 0 Å². The predicted molar refractivity (Wildman–Crippen MR) is 276 cm³/mol. The van der Waals surface area contributed by atoms with Crippen molar-refractivity contribution in [2.75, 3.05) is 0 Å². The second-order valence-corrected chi connectivity index (χ2v) is 20.1. The topological polar surface area (TPSA) is 61.7 Å². The summed E-state index contributed by atoms with van der Waals surface area (Å²) in [6.45, 7) is 0. The lowest BCUT2D eigenvalue weighted by Crippen LogP contribution is -2.49. The highest BCUT2D eigenvalue weighted by molar-refractivity contribution is 6.24. The minimum absolute atomic E-state index is 0.0392. The maximum atomic E-state index is 6.77. The molecule has 6 heteroatoms. The van der Waals surface area contributed by atoms with Crippen LogP contribution in [0.2, 0.25) is 0 Å². The molecule has 4 aliphatic carbocycles. The van der Waals surface area contributed by atoms with Crippen LogP contribution < -0.4 is 0 Å². The summed E-state index contributed by atoms with van der Waals surface area (Å²) in [7, 11) is 0. The third-order valence-electron chi connectivity index (χ3n) is 16.1. The van der Waals surface area contributed by atoms with Gasteiger partial charge in [0.2, 0.25) is 0 Å². The Morgan fingerprint density at radius 3 is 1.81 bits per heavy atom. The molecule has 0 amide bonds. The molecule has 4 heterocycles. The van der Waals surface area contributed by atoms with Crippen LogP contribution in [-0.2, 0) is 11.8 Å². The number of nitrogens with zero attached hydrogens (tertiary/aromatic N) is 5. The molecule has 4 aromatic heterocycles. The number of furan rings is 1. The monoisotopic (exact) mass is 877 g/mol. The third-order valence-corrected chi connectivity index (χ3v) is 16.1. The van der Waals surface area contributed by atoms with Crippen molar-refractivity contribution in [2.24, 2.45) is 17.8 Å². The number of aromatic nitrogens is 5. The van der Waals surface area contributed by atoms with E-state index in [-0.39, 0.29) is 5.41 Å². The molecule has 0 atom stereocenters. The van der Waals surface area contributed by atoms with Crippen LogP contribution in [0.3, 0.4) is 0 Å². The zero-order chi connectivity index (χ0) is 44.5. The van der Waals surface area contributed by atoms with E-state index in [1.165, 1.54) is 60.3 Å². The van der Waals surface area contributed by atoms with E-state index in [0.717, 1.165) is 113 Å². The van der Waals surface area contributed by atoms with Crippen LogP contribution in [-0.4, -0.2) is 24.1 Å². The Kier molecular flexibility index (Phi) is 8.21. The van der Waals surface area contributed by atoms with Gasteiger partial charge in [0.1, 0.15) is 22.8 Å². The van der Waals surface area contributed by atoms with Crippen LogP contribution in [0.1, 0.15) is 55.7 Å². The Morgan fingerprint density at radius 1 is 0.471 bits per heavy atom. The van der Waals surface area contributed by atoms with E-state index in [1.807, 2.05) is 0 Å². The zero-order valence-corrected chi connectivity index (χ0v) is 37.6. The predicted octanol–water partition coefficient (Wildman–Crippen LogP) is 15.4. The molecule has 326 valence electrons. The van der Waals surface area contributed by atoms with Crippen molar-refractivity contribution in [3.05, 3.63) is 199 Å². The van der Waals surface area contributed by atoms with Crippen LogP contribution >= 0.6 is 0 Å². The van der Waals surface area contributed by atoms with Crippen LogP contribution in [0.4, 0.5) is 0 Å². The van der Waals surface area contributed by atoms with Gasteiger partial charge in [-0.25, -0.2) is 15.0 Å². The van der Waals surface area contributed by atoms with Gasteiger partial charge in [-0.2, -0.15) is 0 Å². The molecule has 68 heavy (non-hydrogen) atoms. The Hall–Kier alpha value is -7.83. The molecule has 4 bridgehead atoms. The summed E-state index contributed by atoms with van der Waals surface area (Å²) in [5.41, 5.74) is 13.0. The van der Waals surface area contributed by atoms with E-state index in [4.69, 9.17) is 19.4 Å². The largest absolute Gasteiger partial charge is 0.455 e. The molecule has 0 N–H and O–H groups in total. The first-order valence-corrected chi connectivity index (χ1v) is 24.5. The number of hydrogen-bond acceptors (Lipinski definition) is 4. The highest BCUT2D eigenvalue weighted by Crippen LogP contribution is 2.60. The third kappa shape index (κ3) is 5.67. The highest BCUT2D eigenvalue weighted by Gasteiger charge is 2.53. The van der Waals surface area contributed by atoms with Gasteiger partial charge >= 0.3 is 0 Å². The number of fused-ring (bicyclic) bond motifs is 10. The molecule has 6 nitrogen and oxygen atoms in total. The second-order valence-electron chi connectivity index (χ2n) is 20.1. The van der Waals surface area contributed by atoms with E-state index in [2.05, 4.69) is 191 Å². The van der Waals surface area contributed by atoms with Gasteiger partial charge in [-0.1, -0.05) is 133 Å². The van der Waals surface area contributed by atoms with Gasteiger partial charge in [-0.05, 0) is 116 Å². The minimum Gasteiger partial charge on any atom is -0.455 e. The summed E-state index contributed by atoms with van der Waals surface area (Å²) in [6, 6.07) is 65.6. The summed E-state index contributed by atoms with van der Waals surface area (Å²) in [5.74, 6) is 4.80. The molecule has 0 aliphatic heterocycles. The Labute approximate surface area is 393 Å². The van der Waals surface area contributed by atoms with Crippen molar-refractivity contribution in [1.82, 2.24) is 24.1 Å². The van der Waals surface area contributed by atoms with Crippen LogP contribution in [0.5, 0.6) is 0 Å². The van der Waals surface area contributed by atoms with Gasteiger partial charge in [0.15, 0.2) is 5.82 Å². The summed E-state index contributed by atoms with van der Waals surface area (Å²) in [5, 5.41) is 7.02. The Balaban J connectivity index is 0.974. The summed E-state index contributed by atoms with van der Waals surface area (Å²) < 4.78 is 11.7. The molecular weight excluding hydrogens is 831 g/mol. The average molecular weight is 878 g/mol. The fraction of sp³-hybridized carbons (Fsp3) is 0.177. The molecule has 4 fully saturated rings. The van der Waals surface area contributed by atoms with Crippen LogP contribution in [0.15, 0.2) is 186 Å². The fourth-order valence-corrected chi connectivity index (χ4v) is 13.8. The van der Waals surface area contributed by atoms with E-state index in [1.54, 1.807) is 0 Å². The average Bonchev–Trinajstić information content (AvgIpc) is 4.04.